The minimum atomic E-state index is -1.13. The van der Waals surface area contributed by atoms with Crippen molar-refractivity contribution in [1.29, 1.82) is 0 Å². The van der Waals surface area contributed by atoms with Gasteiger partial charge in [0.1, 0.15) is 11.6 Å². The fourth-order valence-electron chi connectivity index (χ4n) is 4.80. The molecule has 7 heteroatoms. The summed E-state index contributed by atoms with van der Waals surface area (Å²) in [7, 11) is 1.56. The lowest BCUT2D eigenvalue weighted by Crippen LogP contribution is -2.28. The van der Waals surface area contributed by atoms with Gasteiger partial charge in [0.2, 0.25) is 0 Å². The number of fused-ring (bicyclic) bond motifs is 1. The number of aromatic carboxylic acids is 1. The number of carboxylic acid groups (broad SMARTS) is 1. The minimum absolute atomic E-state index is 0.0139. The van der Waals surface area contributed by atoms with Gasteiger partial charge in [0.15, 0.2) is 0 Å². The highest BCUT2D eigenvalue weighted by Gasteiger charge is 2.22. The molecule has 7 nitrogen and oxygen atoms in total. The molecule has 0 aliphatic heterocycles. The lowest BCUT2D eigenvalue weighted by molar-refractivity contribution is 0.0697. The van der Waals surface area contributed by atoms with Crippen LogP contribution < -0.4 is 10.1 Å². The number of benzene rings is 4. The van der Waals surface area contributed by atoms with E-state index in [9.17, 15) is 14.7 Å². The molecule has 1 unspecified atom stereocenters. The van der Waals surface area contributed by atoms with Crippen molar-refractivity contribution in [2.75, 3.05) is 7.11 Å². The summed E-state index contributed by atoms with van der Waals surface area (Å²) in [6.45, 7) is 2.06. The maximum atomic E-state index is 13.3. The summed E-state index contributed by atoms with van der Waals surface area (Å²) in [5.41, 5.74) is 4.79. The van der Waals surface area contributed by atoms with Gasteiger partial charge in [-0.3, -0.25) is 4.79 Å². The maximum Gasteiger partial charge on any atom is 0.336 e. The number of amides is 1. The van der Waals surface area contributed by atoms with Crippen LogP contribution in [-0.2, 0) is 0 Å². The van der Waals surface area contributed by atoms with E-state index in [0.29, 0.717) is 22.7 Å². The predicted molar refractivity (Wildman–Crippen MR) is 152 cm³/mol. The summed E-state index contributed by atoms with van der Waals surface area (Å²) in [5.74, 6) is -0.272. The van der Waals surface area contributed by atoms with Crippen molar-refractivity contribution in [2.24, 2.45) is 0 Å². The number of carboxylic acids is 1. The molecule has 0 saturated carbocycles. The van der Waals surface area contributed by atoms with E-state index < -0.39 is 5.97 Å². The Morgan fingerprint density at radius 1 is 0.923 bits per heavy atom. The Morgan fingerprint density at radius 3 is 2.38 bits per heavy atom. The molecule has 0 saturated heterocycles. The Morgan fingerprint density at radius 2 is 1.67 bits per heavy atom. The standard InChI is InChI=1S/C32H29N3O4/c1-3-9-27(20-10-5-4-6-11-20)35-31(36)21-14-16-23(26(18-21)32(37)38)25-19-22(39-2)15-17-24(25)30-33-28-12-7-8-13-29(28)34-30/h4-8,10-19,27H,3,9H2,1-2H3,(H,33,34)(H,35,36)(H,37,38). The maximum absolute atomic E-state index is 13.3. The second kappa shape index (κ2) is 11.2. The number of carbonyl (C=O) groups excluding carboxylic acids is 1. The molecule has 196 valence electrons. The monoisotopic (exact) mass is 519 g/mol. The largest absolute Gasteiger partial charge is 0.497 e. The molecule has 1 atom stereocenters. The molecule has 4 aromatic carbocycles. The number of H-pyrrole nitrogens is 1. The Labute approximate surface area is 226 Å². The zero-order valence-electron chi connectivity index (χ0n) is 21.8. The number of ether oxygens (including phenoxy) is 1. The Hall–Kier alpha value is -4.91. The van der Waals surface area contributed by atoms with Crippen LogP contribution in [-0.4, -0.2) is 34.1 Å². The number of aromatic amines is 1. The molecule has 5 aromatic rings. The van der Waals surface area contributed by atoms with Crippen molar-refractivity contribution in [3.63, 3.8) is 0 Å². The van der Waals surface area contributed by atoms with Crippen LogP contribution >= 0.6 is 0 Å². The average molecular weight is 520 g/mol. The number of para-hydroxylation sites is 2. The lowest BCUT2D eigenvalue weighted by atomic mass is 9.93. The van der Waals surface area contributed by atoms with E-state index >= 15 is 0 Å². The number of nitrogens with one attached hydrogen (secondary N) is 2. The summed E-state index contributed by atoms with van der Waals surface area (Å²) in [6, 6.07) is 27.5. The number of aromatic nitrogens is 2. The van der Waals surface area contributed by atoms with Gasteiger partial charge in [-0.25, -0.2) is 9.78 Å². The van der Waals surface area contributed by atoms with E-state index in [1.54, 1.807) is 25.3 Å². The highest BCUT2D eigenvalue weighted by atomic mass is 16.5. The number of hydrogen-bond acceptors (Lipinski definition) is 4. The Balaban J connectivity index is 1.55. The van der Waals surface area contributed by atoms with Crippen LogP contribution in [0.25, 0.3) is 33.5 Å². The Bertz CT molecular complexity index is 1610. The average Bonchev–Trinajstić information content (AvgIpc) is 3.41. The first-order valence-corrected chi connectivity index (χ1v) is 12.8. The molecule has 39 heavy (non-hydrogen) atoms. The number of imidazole rings is 1. The number of methoxy groups -OCH3 is 1. The number of nitrogens with zero attached hydrogens (tertiary/aromatic N) is 1. The zero-order valence-corrected chi connectivity index (χ0v) is 21.8. The number of rotatable bonds is 9. The molecule has 0 spiro atoms. The van der Waals surface area contributed by atoms with Gasteiger partial charge >= 0.3 is 5.97 Å². The molecule has 5 rings (SSSR count). The van der Waals surface area contributed by atoms with E-state index in [4.69, 9.17) is 9.72 Å². The lowest BCUT2D eigenvalue weighted by Gasteiger charge is -2.19. The molecular weight excluding hydrogens is 490 g/mol. The molecule has 1 heterocycles. The first-order valence-electron chi connectivity index (χ1n) is 12.8. The van der Waals surface area contributed by atoms with Crippen LogP contribution in [0, 0.1) is 0 Å². The van der Waals surface area contributed by atoms with Gasteiger partial charge in [-0.1, -0.05) is 61.9 Å². The van der Waals surface area contributed by atoms with Crippen LogP contribution in [0.5, 0.6) is 5.75 Å². The summed E-state index contributed by atoms with van der Waals surface area (Å²) in [6.07, 6.45) is 1.66. The highest BCUT2D eigenvalue weighted by Crippen LogP contribution is 2.37. The third kappa shape index (κ3) is 5.38. The van der Waals surface area contributed by atoms with Crippen LogP contribution in [0.4, 0.5) is 0 Å². The molecule has 0 aliphatic carbocycles. The molecule has 0 fully saturated rings. The fraction of sp³-hybridized carbons (Fsp3) is 0.156. The summed E-state index contributed by atoms with van der Waals surface area (Å²) in [5, 5.41) is 13.3. The Kier molecular flexibility index (Phi) is 7.41. The third-order valence-corrected chi connectivity index (χ3v) is 6.76. The van der Waals surface area contributed by atoms with Crippen molar-refractivity contribution in [3.05, 3.63) is 108 Å². The van der Waals surface area contributed by atoms with Crippen LogP contribution in [0.3, 0.4) is 0 Å². The van der Waals surface area contributed by atoms with E-state index in [1.165, 1.54) is 6.07 Å². The van der Waals surface area contributed by atoms with E-state index in [2.05, 4.69) is 17.2 Å². The van der Waals surface area contributed by atoms with Gasteiger partial charge in [0, 0.05) is 11.1 Å². The molecule has 1 amide bonds. The predicted octanol–water partition coefficient (Wildman–Crippen LogP) is 6.87. The van der Waals surface area contributed by atoms with Crippen molar-refractivity contribution in [3.8, 4) is 28.3 Å². The van der Waals surface area contributed by atoms with Crippen molar-refractivity contribution in [1.82, 2.24) is 15.3 Å². The molecule has 3 N–H and O–H groups in total. The second-order valence-corrected chi connectivity index (χ2v) is 9.30. The number of hydrogen-bond donors (Lipinski definition) is 3. The van der Waals surface area contributed by atoms with Crippen molar-refractivity contribution >= 4 is 22.9 Å². The second-order valence-electron chi connectivity index (χ2n) is 9.30. The molecule has 0 aliphatic rings. The van der Waals surface area contributed by atoms with Crippen molar-refractivity contribution in [2.45, 2.75) is 25.8 Å². The van der Waals surface area contributed by atoms with Gasteiger partial charge in [-0.05, 0) is 65.6 Å². The summed E-state index contributed by atoms with van der Waals surface area (Å²) >= 11 is 0. The first-order chi connectivity index (χ1) is 19.0. The number of carbonyl (C=O) groups is 2. The molecule has 0 radical (unpaired) electrons. The van der Waals surface area contributed by atoms with Gasteiger partial charge in [0.05, 0.1) is 29.7 Å². The third-order valence-electron chi connectivity index (χ3n) is 6.76. The minimum Gasteiger partial charge on any atom is -0.497 e. The van der Waals surface area contributed by atoms with Crippen LogP contribution in [0.15, 0.2) is 91.0 Å². The summed E-state index contributed by atoms with van der Waals surface area (Å²) < 4.78 is 5.46. The van der Waals surface area contributed by atoms with E-state index in [0.717, 1.165) is 35.0 Å². The summed E-state index contributed by atoms with van der Waals surface area (Å²) in [4.78, 5) is 33.8. The van der Waals surface area contributed by atoms with Gasteiger partial charge in [-0.15, -0.1) is 0 Å². The van der Waals surface area contributed by atoms with Crippen LogP contribution in [0.2, 0.25) is 0 Å². The highest BCUT2D eigenvalue weighted by molar-refractivity contribution is 6.03. The van der Waals surface area contributed by atoms with Crippen molar-refractivity contribution < 1.29 is 19.4 Å². The fourth-order valence-corrected chi connectivity index (χ4v) is 4.80. The topological polar surface area (TPSA) is 104 Å². The molecular formula is C32H29N3O4. The van der Waals surface area contributed by atoms with E-state index in [1.807, 2.05) is 66.7 Å². The van der Waals surface area contributed by atoms with Gasteiger partial charge < -0.3 is 20.1 Å². The van der Waals surface area contributed by atoms with Crippen LogP contribution in [0.1, 0.15) is 52.1 Å². The quantitative estimate of drug-likeness (QED) is 0.197. The first kappa shape index (κ1) is 25.7. The van der Waals surface area contributed by atoms with Gasteiger partial charge in [0.25, 0.3) is 5.91 Å². The molecule has 1 aromatic heterocycles. The van der Waals surface area contributed by atoms with E-state index in [-0.39, 0.29) is 23.1 Å². The van der Waals surface area contributed by atoms with Gasteiger partial charge in [-0.2, -0.15) is 0 Å². The SMILES string of the molecule is CCCC(NC(=O)c1ccc(-c2cc(OC)ccc2-c2nc3ccccc3[nH]2)c(C(=O)O)c1)c1ccccc1. The molecule has 0 bridgehead atoms. The zero-order chi connectivity index (χ0) is 27.4. The normalized spacial score (nSPS) is 11.7. The smallest absolute Gasteiger partial charge is 0.336 e.